The molecule has 0 spiro atoms. The third kappa shape index (κ3) is 5.66. The van der Waals surface area contributed by atoms with Gasteiger partial charge < -0.3 is 19.9 Å². The van der Waals surface area contributed by atoms with Gasteiger partial charge in [-0.15, -0.1) is 0 Å². The van der Waals surface area contributed by atoms with Crippen molar-refractivity contribution in [2.24, 2.45) is 11.8 Å². The Morgan fingerprint density at radius 2 is 1.69 bits per heavy atom. The first kappa shape index (κ1) is 26.8. The number of carbonyl (C=O) groups is 2. The van der Waals surface area contributed by atoms with Crippen LogP contribution >= 0.6 is 0 Å². The van der Waals surface area contributed by atoms with Crippen LogP contribution in [-0.4, -0.2) is 73.4 Å². The van der Waals surface area contributed by atoms with Crippen LogP contribution in [0.15, 0.2) is 24.3 Å². The molecule has 3 amide bonds. The molecule has 1 heterocycles. The number of rotatable bonds is 5. The molecule has 1 aromatic rings. The van der Waals surface area contributed by atoms with E-state index in [2.05, 4.69) is 5.32 Å². The molecule has 36 heavy (non-hydrogen) atoms. The van der Waals surface area contributed by atoms with Gasteiger partial charge in [0.1, 0.15) is 15.6 Å². The van der Waals surface area contributed by atoms with Gasteiger partial charge in [-0.1, -0.05) is 18.2 Å². The van der Waals surface area contributed by atoms with Crippen LogP contribution in [0.1, 0.15) is 64.4 Å². The first-order valence-electron chi connectivity index (χ1n) is 13.2. The molecule has 1 N–H and O–H groups in total. The normalized spacial score (nSPS) is 30.9. The first-order valence-corrected chi connectivity index (χ1v) is 15.2. The molecule has 3 fully saturated rings. The van der Waals surface area contributed by atoms with E-state index in [-0.39, 0.29) is 35.3 Å². The summed E-state index contributed by atoms with van der Waals surface area (Å²) in [5, 5.41) is 2.88. The number of methoxy groups -OCH3 is 1. The van der Waals surface area contributed by atoms with Gasteiger partial charge in [0, 0.05) is 37.9 Å². The standard InChI is InChI=1S/C27H41N3O5S/c1-18-17-29(27(32)28-16-22-7-5-6-8-26(22)35-3)25-15-21(11-14-24(25)30(18)19(2)31)20-9-12-23(13-10-20)36(4,33)34/h5-8,18,20-21,23-25H,9-17H2,1-4H3,(H,28,32)/t18-,20?,21?,23?,24?,25?/m0/s1. The minimum absolute atomic E-state index is 0.0203. The van der Waals surface area contributed by atoms with E-state index in [9.17, 15) is 18.0 Å². The maximum Gasteiger partial charge on any atom is 0.318 e. The molecule has 1 saturated heterocycles. The number of benzene rings is 1. The van der Waals surface area contributed by atoms with Crippen LogP contribution in [0.4, 0.5) is 4.79 Å². The zero-order chi connectivity index (χ0) is 26.0. The van der Waals surface area contributed by atoms with E-state index in [1.165, 1.54) is 6.26 Å². The largest absolute Gasteiger partial charge is 0.496 e. The van der Waals surface area contributed by atoms with E-state index in [0.717, 1.165) is 56.3 Å². The van der Waals surface area contributed by atoms with Crippen LogP contribution in [0.2, 0.25) is 0 Å². The summed E-state index contributed by atoms with van der Waals surface area (Å²) in [7, 11) is -1.37. The number of urea groups is 1. The summed E-state index contributed by atoms with van der Waals surface area (Å²) in [5.41, 5.74) is 0.921. The second kappa shape index (κ2) is 11.0. The van der Waals surface area contributed by atoms with E-state index < -0.39 is 9.84 Å². The average molecular weight is 520 g/mol. The number of ether oxygens (including phenoxy) is 1. The van der Waals surface area contributed by atoms with Crippen LogP contribution in [0.5, 0.6) is 5.75 Å². The van der Waals surface area contributed by atoms with Gasteiger partial charge in [0.25, 0.3) is 0 Å². The van der Waals surface area contributed by atoms with Crippen LogP contribution in [0.3, 0.4) is 0 Å². The second-order valence-electron chi connectivity index (χ2n) is 11.0. The summed E-state index contributed by atoms with van der Waals surface area (Å²) in [5.74, 6) is 1.73. The summed E-state index contributed by atoms with van der Waals surface area (Å²) in [6, 6.07) is 7.51. The summed E-state index contributed by atoms with van der Waals surface area (Å²) in [4.78, 5) is 30.0. The van der Waals surface area contributed by atoms with Crippen molar-refractivity contribution in [2.75, 3.05) is 19.9 Å². The van der Waals surface area contributed by atoms with Gasteiger partial charge in [-0.2, -0.15) is 0 Å². The van der Waals surface area contributed by atoms with Crippen molar-refractivity contribution in [3.05, 3.63) is 29.8 Å². The van der Waals surface area contributed by atoms with E-state index in [0.29, 0.717) is 24.9 Å². The molecular weight excluding hydrogens is 478 g/mol. The molecule has 0 bridgehead atoms. The Balaban J connectivity index is 1.48. The first-order chi connectivity index (χ1) is 17.1. The Kier molecular flexibility index (Phi) is 8.17. The van der Waals surface area contributed by atoms with Gasteiger partial charge in [0.15, 0.2) is 0 Å². The fourth-order valence-corrected chi connectivity index (χ4v) is 8.10. The number of carbonyl (C=O) groups excluding carboxylic acids is 2. The molecule has 3 aliphatic rings. The van der Waals surface area contributed by atoms with Crippen LogP contribution in [0.25, 0.3) is 0 Å². The van der Waals surface area contributed by atoms with Crippen LogP contribution < -0.4 is 10.1 Å². The number of fused-ring (bicyclic) bond motifs is 1. The molecule has 0 aromatic heterocycles. The molecule has 0 radical (unpaired) electrons. The summed E-state index contributed by atoms with van der Waals surface area (Å²) < 4.78 is 29.5. The Morgan fingerprint density at radius 3 is 2.33 bits per heavy atom. The molecule has 4 rings (SSSR count). The van der Waals surface area contributed by atoms with Crippen molar-refractivity contribution in [1.29, 1.82) is 0 Å². The molecule has 2 saturated carbocycles. The highest BCUT2D eigenvalue weighted by Gasteiger charge is 2.47. The van der Waals surface area contributed by atoms with Crippen molar-refractivity contribution >= 4 is 21.8 Å². The quantitative estimate of drug-likeness (QED) is 0.641. The third-order valence-corrected chi connectivity index (χ3v) is 10.4. The van der Waals surface area contributed by atoms with Crippen LogP contribution in [0, 0.1) is 11.8 Å². The SMILES string of the molecule is COc1ccccc1CNC(=O)N1C[C@H](C)N(C(C)=O)C2CCC(C3CCC(S(C)(=O)=O)CC3)CC21. The highest BCUT2D eigenvalue weighted by atomic mass is 32.2. The lowest BCUT2D eigenvalue weighted by atomic mass is 9.69. The van der Waals surface area contributed by atoms with Gasteiger partial charge in [-0.3, -0.25) is 4.79 Å². The number of nitrogens with one attached hydrogen (secondary N) is 1. The topological polar surface area (TPSA) is 96.0 Å². The molecule has 2 aliphatic carbocycles. The number of nitrogens with zero attached hydrogens (tertiary/aromatic N) is 2. The van der Waals surface area contributed by atoms with E-state index in [4.69, 9.17) is 4.74 Å². The molecule has 1 aromatic carbocycles. The van der Waals surface area contributed by atoms with Crippen molar-refractivity contribution in [3.63, 3.8) is 0 Å². The third-order valence-electron chi connectivity index (χ3n) is 8.75. The number of para-hydroxylation sites is 1. The van der Waals surface area contributed by atoms with Crippen LogP contribution in [-0.2, 0) is 21.2 Å². The Morgan fingerprint density at radius 1 is 1.03 bits per heavy atom. The van der Waals surface area contributed by atoms with Crippen molar-refractivity contribution in [1.82, 2.24) is 15.1 Å². The maximum atomic E-state index is 13.5. The zero-order valence-electron chi connectivity index (χ0n) is 22.0. The lowest BCUT2D eigenvalue weighted by Gasteiger charge is -2.54. The molecule has 9 heteroatoms. The minimum atomic E-state index is -2.99. The molecule has 3 unspecified atom stereocenters. The monoisotopic (exact) mass is 519 g/mol. The van der Waals surface area contributed by atoms with Gasteiger partial charge in [0.2, 0.25) is 5.91 Å². The molecule has 4 atom stereocenters. The summed E-state index contributed by atoms with van der Waals surface area (Å²) >= 11 is 0. The zero-order valence-corrected chi connectivity index (χ0v) is 22.8. The van der Waals surface area contributed by atoms with E-state index in [1.807, 2.05) is 41.0 Å². The number of piperazine rings is 1. The number of hydrogen-bond acceptors (Lipinski definition) is 5. The Hall–Kier alpha value is -2.29. The second-order valence-corrected chi connectivity index (χ2v) is 13.3. The van der Waals surface area contributed by atoms with Gasteiger partial charge >= 0.3 is 6.03 Å². The number of amides is 3. The highest BCUT2D eigenvalue weighted by molar-refractivity contribution is 7.91. The van der Waals surface area contributed by atoms with Crippen molar-refractivity contribution < 1.29 is 22.7 Å². The van der Waals surface area contributed by atoms with Gasteiger partial charge in [-0.05, 0) is 69.8 Å². The minimum Gasteiger partial charge on any atom is -0.496 e. The van der Waals surface area contributed by atoms with E-state index >= 15 is 0 Å². The number of sulfone groups is 1. The summed E-state index contributed by atoms with van der Waals surface area (Å²) in [6.07, 6.45) is 7.41. The smallest absolute Gasteiger partial charge is 0.318 e. The number of hydrogen-bond donors (Lipinski definition) is 1. The van der Waals surface area contributed by atoms with E-state index in [1.54, 1.807) is 14.0 Å². The molecule has 1 aliphatic heterocycles. The maximum absolute atomic E-state index is 13.5. The average Bonchev–Trinajstić information content (AvgIpc) is 2.86. The van der Waals surface area contributed by atoms with Crippen molar-refractivity contribution in [2.45, 2.75) is 88.7 Å². The fourth-order valence-electron chi connectivity index (χ4n) is 6.97. The summed E-state index contributed by atoms with van der Waals surface area (Å²) in [6.45, 7) is 4.53. The molecule has 200 valence electrons. The Bertz CT molecular complexity index is 1050. The molecular formula is C27H41N3O5S. The highest BCUT2D eigenvalue weighted by Crippen LogP contribution is 2.43. The Labute approximate surface area is 215 Å². The van der Waals surface area contributed by atoms with Gasteiger partial charge in [-0.25, -0.2) is 13.2 Å². The predicted octanol–water partition coefficient (Wildman–Crippen LogP) is 3.60. The van der Waals surface area contributed by atoms with Gasteiger partial charge in [0.05, 0.1) is 24.4 Å². The molecule has 8 nitrogen and oxygen atoms in total. The van der Waals surface area contributed by atoms with Crippen molar-refractivity contribution in [3.8, 4) is 5.75 Å². The predicted molar refractivity (Wildman–Crippen MR) is 139 cm³/mol. The fraction of sp³-hybridized carbons (Fsp3) is 0.704. The lowest BCUT2D eigenvalue weighted by Crippen LogP contribution is -2.68. The lowest BCUT2D eigenvalue weighted by molar-refractivity contribution is -0.141.